The van der Waals surface area contributed by atoms with Gasteiger partial charge in [-0.25, -0.2) is 8.42 Å². The Morgan fingerprint density at radius 2 is 1.65 bits per heavy atom. The molecule has 1 N–H and O–H groups in total. The van der Waals surface area contributed by atoms with Gasteiger partial charge in [0, 0.05) is 24.8 Å². The quantitative estimate of drug-likeness (QED) is 0.507. The first kappa shape index (κ1) is 22.1. The monoisotopic (exact) mass is 436 g/mol. The molecule has 1 amide bonds. The van der Waals surface area contributed by atoms with Gasteiger partial charge < -0.3 is 9.64 Å². The summed E-state index contributed by atoms with van der Waals surface area (Å²) in [5, 5.41) is 0. The van der Waals surface area contributed by atoms with E-state index < -0.39 is 10.0 Å². The number of nitrogens with one attached hydrogen (secondary N) is 1. The van der Waals surface area contributed by atoms with E-state index in [1.54, 1.807) is 60.5 Å². The van der Waals surface area contributed by atoms with Gasteiger partial charge in [-0.3, -0.25) is 9.52 Å². The van der Waals surface area contributed by atoms with Gasteiger partial charge in [-0.05, 0) is 54.1 Å². The van der Waals surface area contributed by atoms with Crippen LogP contribution in [0.5, 0.6) is 5.75 Å². The Bertz CT molecular complexity index is 1130. The van der Waals surface area contributed by atoms with Crippen molar-refractivity contribution in [1.29, 1.82) is 0 Å². The molecule has 0 saturated carbocycles. The van der Waals surface area contributed by atoms with E-state index in [0.717, 1.165) is 11.3 Å². The normalized spacial score (nSPS) is 10.9. The van der Waals surface area contributed by atoms with Gasteiger partial charge in [-0.2, -0.15) is 0 Å². The summed E-state index contributed by atoms with van der Waals surface area (Å²) in [5.41, 5.74) is 1.82. The number of carbonyl (C=O) groups excluding carboxylic acids is 1. The topological polar surface area (TPSA) is 75.7 Å². The van der Waals surface area contributed by atoms with Crippen LogP contribution < -0.4 is 9.46 Å². The molecule has 3 rings (SSSR count). The second-order valence-electron chi connectivity index (χ2n) is 6.90. The van der Waals surface area contributed by atoms with Crippen molar-refractivity contribution < 1.29 is 17.9 Å². The van der Waals surface area contributed by atoms with Crippen molar-refractivity contribution in [1.82, 2.24) is 4.90 Å². The van der Waals surface area contributed by atoms with Gasteiger partial charge in [0.15, 0.2) is 0 Å². The zero-order valence-corrected chi connectivity index (χ0v) is 18.0. The Hall–Kier alpha value is -3.58. The number of amides is 1. The van der Waals surface area contributed by atoms with E-state index in [1.807, 2.05) is 24.3 Å². The van der Waals surface area contributed by atoms with E-state index in [0.29, 0.717) is 24.4 Å². The average Bonchev–Trinajstić information content (AvgIpc) is 2.79. The van der Waals surface area contributed by atoms with Gasteiger partial charge in [0.2, 0.25) is 0 Å². The molecule has 0 unspecified atom stereocenters. The summed E-state index contributed by atoms with van der Waals surface area (Å²) in [5.74, 6) is 0.579. The predicted molar refractivity (Wildman–Crippen MR) is 122 cm³/mol. The summed E-state index contributed by atoms with van der Waals surface area (Å²) in [7, 11) is -1.96. The van der Waals surface area contributed by atoms with Gasteiger partial charge in [0.1, 0.15) is 12.4 Å². The van der Waals surface area contributed by atoms with Crippen LogP contribution in [0.25, 0.3) is 0 Å². The molecule has 3 aromatic carbocycles. The molecule has 0 fully saturated rings. The molecule has 0 heterocycles. The smallest absolute Gasteiger partial charge is 0.261 e. The maximum atomic E-state index is 12.7. The third-order valence-corrected chi connectivity index (χ3v) is 5.89. The minimum atomic E-state index is -3.67. The zero-order chi connectivity index (χ0) is 22.3. The van der Waals surface area contributed by atoms with Crippen LogP contribution in [-0.4, -0.2) is 32.9 Å². The lowest BCUT2D eigenvalue weighted by atomic mass is 10.1. The molecule has 0 aromatic heterocycles. The summed E-state index contributed by atoms with van der Waals surface area (Å²) in [6, 6.07) is 22.0. The van der Waals surface area contributed by atoms with Crippen LogP contribution in [0.4, 0.5) is 5.69 Å². The molecule has 31 heavy (non-hydrogen) atoms. The molecule has 0 aliphatic rings. The Balaban J connectivity index is 1.62. The highest BCUT2D eigenvalue weighted by Gasteiger charge is 2.15. The first-order valence-electron chi connectivity index (χ1n) is 9.65. The minimum absolute atomic E-state index is 0.163. The Morgan fingerprint density at radius 1 is 1.00 bits per heavy atom. The number of rotatable bonds is 9. The Morgan fingerprint density at radius 3 is 2.26 bits per heavy atom. The van der Waals surface area contributed by atoms with Crippen LogP contribution in [-0.2, 0) is 16.6 Å². The molecule has 0 aliphatic heterocycles. The number of benzene rings is 3. The first-order valence-corrected chi connectivity index (χ1v) is 11.1. The fourth-order valence-corrected chi connectivity index (χ4v) is 3.99. The summed E-state index contributed by atoms with van der Waals surface area (Å²) in [6.45, 7) is 4.49. The van der Waals surface area contributed by atoms with Crippen molar-refractivity contribution in [2.24, 2.45) is 0 Å². The molecule has 0 aliphatic carbocycles. The molecule has 3 aromatic rings. The molecule has 0 radical (unpaired) electrons. The molecule has 0 bridgehead atoms. The standard InChI is InChI=1S/C24H24N2O4S/c1-3-17-30-22-15-9-19(10-16-22)18-26(2)24(27)20-11-13-21(14-12-20)25-31(28,29)23-7-5-4-6-8-23/h3-16,25H,1,17-18H2,2H3. The molecular formula is C24H24N2O4S. The summed E-state index contributed by atoms with van der Waals surface area (Å²) in [6.07, 6.45) is 1.68. The fraction of sp³-hybridized carbons (Fsp3) is 0.125. The lowest BCUT2D eigenvalue weighted by molar-refractivity contribution is 0.0785. The predicted octanol–water partition coefficient (Wildman–Crippen LogP) is 4.32. The largest absolute Gasteiger partial charge is 0.490 e. The highest BCUT2D eigenvalue weighted by molar-refractivity contribution is 7.92. The van der Waals surface area contributed by atoms with Gasteiger partial charge in [0.05, 0.1) is 4.90 Å². The van der Waals surface area contributed by atoms with E-state index in [1.165, 1.54) is 12.1 Å². The number of nitrogens with zero attached hydrogens (tertiary/aromatic N) is 1. The third kappa shape index (κ3) is 5.96. The van der Waals surface area contributed by atoms with Crippen molar-refractivity contribution in [3.63, 3.8) is 0 Å². The summed E-state index contributed by atoms with van der Waals surface area (Å²) in [4.78, 5) is 14.5. The number of ether oxygens (including phenoxy) is 1. The second-order valence-corrected chi connectivity index (χ2v) is 8.58. The van der Waals surface area contributed by atoms with Crippen LogP contribution in [0.15, 0.2) is 96.4 Å². The van der Waals surface area contributed by atoms with Gasteiger partial charge in [0.25, 0.3) is 15.9 Å². The fourth-order valence-electron chi connectivity index (χ4n) is 2.91. The molecular weight excluding hydrogens is 412 g/mol. The van der Waals surface area contributed by atoms with E-state index in [2.05, 4.69) is 11.3 Å². The highest BCUT2D eigenvalue weighted by Crippen LogP contribution is 2.18. The number of anilines is 1. The summed E-state index contributed by atoms with van der Waals surface area (Å²) < 4.78 is 32.8. The molecule has 7 heteroatoms. The van der Waals surface area contributed by atoms with Crippen molar-refractivity contribution in [3.05, 3.63) is 103 Å². The van der Waals surface area contributed by atoms with Crippen LogP contribution in [0.3, 0.4) is 0 Å². The molecule has 6 nitrogen and oxygen atoms in total. The van der Waals surface area contributed by atoms with E-state index in [4.69, 9.17) is 4.74 Å². The van der Waals surface area contributed by atoms with Crippen LogP contribution >= 0.6 is 0 Å². The molecule has 0 saturated heterocycles. The van der Waals surface area contributed by atoms with E-state index in [9.17, 15) is 13.2 Å². The Kier molecular flexibility index (Phi) is 7.10. The Labute approximate surface area is 182 Å². The van der Waals surface area contributed by atoms with Crippen molar-refractivity contribution >= 4 is 21.6 Å². The van der Waals surface area contributed by atoms with Crippen LogP contribution in [0.2, 0.25) is 0 Å². The van der Waals surface area contributed by atoms with E-state index in [-0.39, 0.29) is 10.8 Å². The van der Waals surface area contributed by atoms with Crippen LogP contribution in [0, 0.1) is 0 Å². The number of sulfonamides is 1. The lowest BCUT2D eigenvalue weighted by Gasteiger charge is -2.18. The maximum absolute atomic E-state index is 12.7. The summed E-state index contributed by atoms with van der Waals surface area (Å²) >= 11 is 0. The number of carbonyl (C=O) groups is 1. The first-order chi connectivity index (χ1) is 14.9. The lowest BCUT2D eigenvalue weighted by Crippen LogP contribution is -2.26. The van der Waals surface area contributed by atoms with Gasteiger partial charge in [-0.15, -0.1) is 0 Å². The number of hydrogen-bond acceptors (Lipinski definition) is 4. The maximum Gasteiger partial charge on any atom is 0.261 e. The molecule has 0 atom stereocenters. The van der Waals surface area contributed by atoms with Gasteiger partial charge in [-0.1, -0.05) is 43.0 Å². The van der Waals surface area contributed by atoms with Crippen molar-refractivity contribution in [3.8, 4) is 5.75 Å². The second kappa shape index (κ2) is 9.95. The molecule has 160 valence electrons. The SMILES string of the molecule is C=CCOc1ccc(CN(C)C(=O)c2ccc(NS(=O)(=O)c3ccccc3)cc2)cc1. The zero-order valence-electron chi connectivity index (χ0n) is 17.2. The molecule has 0 spiro atoms. The van der Waals surface area contributed by atoms with Gasteiger partial charge >= 0.3 is 0 Å². The average molecular weight is 437 g/mol. The highest BCUT2D eigenvalue weighted by atomic mass is 32.2. The minimum Gasteiger partial charge on any atom is -0.490 e. The van der Waals surface area contributed by atoms with Crippen LogP contribution in [0.1, 0.15) is 15.9 Å². The number of hydrogen-bond donors (Lipinski definition) is 1. The van der Waals surface area contributed by atoms with Crippen molar-refractivity contribution in [2.75, 3.05) is 18.4 Å². The van der Waals surface area contributed by atoms with E-state index >= 15 is 0 Å². The van der Waals surface area contributed by atoms with Crippen molar-refractivity contribution in [2.45, 2.75) is 11.4 Å². The third-order valence-electron chi connectivity index (χ3n) is 4.50.